The summed E-state index contributed by atoms with van der Waals surface area (Å²) >= 11 is 1.48. The van der Waals surface area contributed by atoms with Gasteiger partial charge < -0.3 is 19.7 Å². The van der Waals surface area contributed by atoms with E-state index >= 15 is 0 Å². The largest absolute Gasteiger partial charge is 0.368 e. The predicted octanol–water partition coefficient (Wildman–Crippen LogP) is 4.56. The highest BCUT2D eigenvalue weighted by molar-refractivity contribution is 7.21. The number of pyridine rings is 1. The number of rotatable bonds is 6. The van der Waals surface area contributed by atoms with Crippen LogP contribution in [0, 0.1) is 5.82 Å². The number of imidazole rings is 1. The van der Waals surface area contributed by atoms with Crippen molar-refractivity contribution in [3.63, 3.8) is 0 Å². The summed E-state index contributed by atoms with van der Waals surface area (Å²) < 4.78 is 16.7. The average Bonchev–Trinajstić information content (AvgIpc) is 3.42. The Bertz CT molecular complexity index is 1240. The number of fused-ring (bicyclic) bond motifs is 1. The van der Waals surface area contributed by atoms with Crippen molar-refractivity contribution in [2.45, 2.75) is 26.8 Å². The molecule has 1 aliphatic heterocycles. The van der Waals surface area contributed by atoms with Crippen molar-refractivity contribution < 1.29 is 4.39 Å². The molecule has 33 heavy (non-hydrogen) atoms. The molecule has 0 radical (unpaired) electrons. The van der Waals surface area contributed by atoms with Crippen LogP contribution >= 0.6 is 11.3 Å². The Balaban J connectivity index is 1.33. The van der Waals surface area contributed by atoms with Gasteiger partial charge in [-0.3, -0.25) is 0 Å². The minimum atomic E-state index is -0.463. The lowest BCUT2D eigenvalue weighted by atomic mass is 10.2. The van der Waals surface area contributed by atoms with E-state index in [0.717, 1.165) is 53.6 Å². The van der Waals surface area contributed by atoms with E-state index in [4.69, 9.17) is 0 Å². The first-order valence-corrected chi connectivity index (χ1v) is 12.0. The Morgan fingerprint density at radius 2 is 1.91 bits per heavy atom. The van der Waals surface area contributed by atoms with E-state index in [2.05, 4.69) is 60.4 Å². The summed E-state index contributed by atoms with van der Waals surface area (Å²) in [6.07, 6.45) is 4.87. The number of thiophene rings is 1. The highest BCUT2D eigenvalue weighted by atomic mass is 32.1. The Morgan fingerprint density at radius 3 is 2.61 bits per heavy atom. The summed E-state index contributed by atoms with van der Waals surface area (Å²) in [5.74, 6) is 0.462. The maximum atomic E-state index is 14.6. The lowest BCUT2D eigenvalue weighted by Crippen LogP contribution is -2.46. The average molecular weight is 467 g/mol. The van der Waals surface area contributed by atoms with Gasteiger partial charge in [0.05, 0.1) is 29.3 Å². The molecule has 0 aromatic carbocycles. The molecule has 5 rings (SSSR count). The van der Waals surface area contributed by atoms with Gasteiger partial charge in [-0.1, -0.05) is 6.92 Å². The molecule has 1 aliphatic rings. The van der Waals surface area contributed by atoms with Crippen LogP contribution in [-0.4, -0.2) is 62.1 Å². The fourth-order valence-corrected chi connectivity index (χ4v) is 5.19. The summed E-state index contributed by atoms with van der Waals surface area (Å²) in [5, 5.41) is 3.10. The van der Waals surface area contributed by atoms with Crippen LogP contribution in [0.2, 0.25) is 0 Å². The standard InChI is InChI=1S/C23H27FN8S/c1-4-30-7-9-31(10-8-30)16-5-6-20(25-12-16)28-23-26-13-17(24)21(29-23)19-11-18-22(33-19)32(14-27-18)15(2)3/h5-6,11-15H,4,7-10H2,1-3H3,(H,25,26,28,29). The molecule has 8 nitrogen and oxygen atoms in total. The molecule has 1 fully saturated rings. The lowest BCUT2D eigenvalue weighted by molar-refractivity contribution is 0.271. The van der Waals surface area contributed by atoms with Crippen LogP contribution < -0.4 is 10.2 Å². The SMILES string of the molecule is CCN1CCN(c2ccc(Nc3ncc(F)c(-c4cc5ncn(C(C)C)c5s4)n3)nc2)CC1. The van der Waals surface area contributed by atoms with Gasteiger partial charge in [-0.15, -0.1) is 11.3 Å². The molecular formula is C23H27FN8S. The number of halogens is 1. The molecule has 4 aromatic rings. The second kappa shape index (κ2) is 9.03. The molecule has 5 heterocycles. The Labute approximate surface area is 196 Å². The number of nitrogens with zero attached hydrogens (tertiary/aromatic N) is 7. The maximum absolute atomic E-state index is 14.6. The third-order valence-corrected chi connectivity index (χ3v) is 7.10. The lowest BCUT2D eigenvalue weighted by Gasteiger charge is -2.35. The van der Waals surface area contributed by atoms with Crippen LogP contribution in [0.15, 0.2) is 36.9 Å². The van der Waals surface area contributed by atoms with Crippen molar-refractivity contribution in [3.05, 3.63) is 42.7 Å². The second-order valence-electron chi connectivity index (χ2n) is 8.38. The first kappa shape index (κ1) is 21.7. The van der Waals surface area contributed by atoms with Crippen LogP contribution in [0.25, 0.3) is 20.9 Å². The second-order valence-corrected chi connectivity index (χ2v) is 9.42. The zero-order valence-electron chi connectivity index (χ0n) is 19.0. The quantitative estimate of drug-likeness (QED) is 0.447. The van der Waals surface area contributed by atoms with E-state index in [9.17, 15) is 4.39 Å². The first-order valence-electron chi connectivity index (χ1n) is 11.2. The van der Waals surface area contributed by atoms with Crippen molar-refractivity contribution in [1.82, 2.24) is 29.4 Å². The number of piperazine rings is 1. The molecule has 10 heteroatoms. The van der Waals surface area contributed by atoms with Crippen molar-refractivity contribution in [1.29, 1.82) is 0 Å². The Morgan fingerprint density at radius 1 is 1.09 bits per heavy atom. The summed E-state index contributed by atoms with van der Waals surface area (Å²) in [5.41, 5.74) is 2.20. The van der Waals surface area contributed by atoms with Crippen LogP contribution in [0.1, 0.15) is 26.8 Å². The number of hydrogen-bond acceptors (Lipinski definition) is 8. The molecule has 172 valence electrons. The summed E-state index contributed by atoms with van der Waals surface area (Å²) in [7, 11) is 0. The smallest absolute Gasteiger partial charge is 0.229 e. The van der Waals surface area contributed by atoms with E-state index < -0.39 is 5.82 Å². The molecule has 0 unspecified atom stereocenters. The number of hydrogen-bond donors (Lipinski definition) is 1. The van der Waals surface area contributed by atoms with Crippen LogP contribution in [0.3, 0.4) is 0 Å². The molecule has 0 bridgehead atoms. The molecule has 0 aliphatic carbocycles. The predicted molar refractivity (Wildman–Crippen MR) is 131 cm³/mol. The van der Waals surface area contributed by atoms with Gasteiger partial charge >= 0.3 is 0 Å². The minimum absolute atomic E-state index is 0.260. The normalized spacial score (nSPS) is 15.0. The van der Waals surface area contributed by atoms with E-state index in [1.807, 2.05) is 30.7 Å². The maximum Gasteiger partial charge on any atom is 0.229 e. The van der Waals surface area contributed by atoms with E-state index in [1.54, 1.807) is 0 Å². The third-order valence-electron chi connectivity index (χ3n) is 5.96. The molecule has 4 aromatic heterocycles. The zero-order valence-corrected chi connectivity index (χ0v) is 19.8. The van der Waals surface area contributed by atoms with Gasteiger partial charge in [-0.2, -0.15) is 0 Å². The molecule has 1 saturated heterocycles. The molecule has 0 atom stereocenters. The van der Waals surface area contributed by atoms with Crippen molar-refractivity contribution in [3.8, 4) is 10.6 Å². The van der Waals surface area contributed by atoms with Crippen molar-refractivity contribution >= 4 is 39.1 Å². The summed E-state index contributed by atoms with van der Waals surface area (Å²) in [6.45, 7) is 11.6. The Kier molecular flexibility index (Phi) is 5.94. The number of anilines is 3. The molecule has 0 spiro atoms. The van der Waals surface area contributed by atoms with Crippen LogP contribution in [0.4, 0.5) is 21.8 Å². The van der Waals surface area contributed by atoms with E-state index in [-0.39, 0.29) is 11.7 Å². The fraction of sp³-hybridized carbons (Fsp3) is 0.391. The summed E-state index contributed by atoms with van der Waals surface area (Å²) in [6, 6.07) is 6.10. The van der Waals surface area contributed by atoms with Crippen molar-refractivity contribution in [2.24, 2.45) is 0 Å². The van der Waals surface area contributed by atoms with Crippen LogP contribution in [-0.2, 0) is 0 Å². The van der Waals surface area contributed by atoms with Gasteiger partial charge in [0.25, 0.3) is 0 Å². The number of aromatic nitrogens is 5. The molecular weight excluding hydrogens is 439 g/mol. The monoisotopic (exact) mass is 466 g/mol. The first-order chi connectivity index (χ1) is 16.0. The van der Waals surface area contributed by atoms with Crippen LogP contribution in [0.5, 0.6) is 0 Å². The highest BCUT2D eigenvalue weighted by Gasteiger charge is 2.18. The highest BCUT2D eigenvalue weighted by Crippen LogP contribution is 2.34. The molecule has 1 N–H and O–H groups in total. The van der Waals surface area contributed by atoms with Gasteiger partial charge in [-0.25, -0.2) is 24.3 Å². The molecule has 0 amide bonds. The van der Waals surface area contributed by atoms with Crippen molar-refractivity contribution in [2.75, 3.05) is 42.9 Å². The molecule has 0 saturated carbocycles. The topological polar surface area (TPSA) is 75.0 Å². The zero-order chi connectivity index (χ0) is 22.9. The fourth-order valence-electron chi connectivity index (χ4n) is 3.99. The van der Waals surface area contributed by atoms with Gasteiger partial charge in [0, 0.05) is 32.2 Å². The number of likely N-dealkylation sites (N-methyl/N-ethyl adjacent to an activating group) is 1. The van der Waals surface area contributed by atoms with Gasteiger partial charge in [-0.05, 0) is 38.6 Å². The van der Waals surface area contributed by atoms with Gasteiger partial charge in [0.1, 0.15) is 21.9 Å². The third kappa shape index (κ3) is 4.40. The van der Waals surface area contributed by atoms with Gasteiger partial charge in [0.15, 0.2) is 5.82 Å². The summed E-state index contributed by atoms with van der Waals surface area (Å²) in [4.78, 5) is 24.0. The van der Waals surface area contributed by atoms with E-state index in [1.165, 1.54) is 17.5 Å². The van der Waals surface area contributed by atoms with Gasteiger partial charge in [0.2, 0.25) is 5.95 Å². The minimum Gasteiger partial charge on any atom is -0.368 e. The number of nitrogens with one attached hydrogen (secondary N) is 1. The Hall–Kier alpha value is -3.11. The van der Waals surface area contributed by atoms with E-state index in [0.29, 0.717) is 11.8 Å².